The van der Waals surface area contributed by atoms with E-state index in [1.807, 2.05) is 23.0 Å². The lowest BCUT2D eigenvalue weighted by atomic mass is 10.0. The number of hydrogen-bond donors (Lipinski definition) is 0. The number of aromatic nitrogens is 3. The molecule has 0 radical (unpaired) electrons. The lowest BCUT2D eigenvalue weighted by molar-refractivity contribution is 0.472. The van der Waals surface area contributed by atoms with Gasteiger partial charge in [-0.2, -0.15) is 0 Å². The van der Waals surface area contributed by atoms with E-state index in [9.17, 15) is 0 Å². The SMILES string of the molecule is CCc1cc(-c2cn(Cc3ccc(Cl)s3)nn2)c(O[Si](C)(C)C(C)(C)C)cc1O[Si](C)(C)C(C)(C)C. The average Bonchev–Trinajstić information content (AvgIpc) is 3.35. The molecule has 0 aliphatic heterocycles. The molecule has 9 heteroatoms. The number of aryl methyl sites for hydroxylation is 1. The molecule has 3 aromatic rings. The van der Waals surface area contributed by atoms with Crippen LogP contribution in [0.1, 0.15) is 58.9 Å². The minimum Gasteiger partial charge on any atom is -0.543 e. The number of nitrogens with zero attached hydrogens (tertiary/aromatic N) is 3. The van der Waals surface area contributed by atoms with Crippen LogP contribution in [0.3, 0.4) is 0 Å². The fraction of sp³-hybridized carbons (Fsp3) is 0.556. The van der Waals surface area contributed by atoms with E-state index in [4.69, 9.17) is 20.5 Å². The normalized spacial score (nSPS) is 13.2. The van der Waals surface area contributed by atoms with Crippen molar-refractivity contribution in [1.29, 1.82) is 0 Å². The van der Waals surface area contributed by atoms with Gasteiger partial charge in [-0.25, -0.2) is 4.68 Å². The van der Waals surface area contributed by atoms with Gasteiger partial charge in [0.25, 0.3) is 8.32 Å². The lowest BCUT2D eigenvalue weighted by Crippen LogP contribution is -2.44. The van der Waals surface area contributed by atoms with Crippen molar-refractivity contribution in [3.63, 3.8) is 0 Å². The summed E-state index contributed by atoms with van der Waals surface area (Å²) < 4.78 is 16.4. The first-order valence-electron chi connectivity index (χ1n) is 12.6. The highest BCUT2D eigenvalue weighted by molar-refractivity contribution is 7.16. The minimum atomic E-state index is -2.12. The van der Waals surface area contributed by atoms with Crippen molar-refractivity contribution in [3.8, 4) is 22.8 Å². The van der Waals surface area contributed by atoms with Crippen molar-refractivity contribution >= 4 is 39.6 Å². The number of benzene rings is 1. The van der Waals surface area contributed by atoms with Crippen LogP contribution in [0, 0.1) is 0 Å². The third kappa shape index (κ3) is 6.44. The van der Waals surface area contributed by atoms with Crippen LogP contribution in [0.4, 0.5) is 0 Å². The zero-order valence-electron chi connectivity index (χ0n) is 23.7. The standard InChI is InChI=1S/C27H42ClN3O2SSi2/c1-12-19-15-21(22-18-31(30-29-22)17-20-13-14-25(28)34-20)24(33-36(10,11)27(5,6)7)16-23(19)32-35(8,9)26(2,3)4/h13-16,18H,12,17H2,1-11H3. The fourth-order valence-corrected chi connectivity index (χ4v) is 6.36. The minimum absolute atomic E-state index is 0.0597. The Morgan fingerprint density at radius 3 is 2.00 bits per heavy atom. The molecular weight excluding hydrogens is 522 g/mol. The van der Waals surface area contributed by atoms with Crippen LogP contribution in [0.5, 0.6) is 11.5 Å². The monoisotopic (exact) mass is 563 g/mol. The van der Waals surface area contributed by atoms with Crippen LogP contribution in [0.15, 0.2) is 30.5 Å². The van der Waals surface area contributed by atoms with E-state index < -0.39 is 16.6 Å². The van der Waals surface area contributed by atoms with Gasteiger partial charge >= 0.3 is 0 Å². The van der Waals surface area contributed by atoms with Crippen molar-refractivity contribution in [2.45, 2.75) is 97.7 Å². The first kappa shape index (κ1) is 28.9. The van der Waals surface area contributed by atoms with Crippen LogP contribution in [0.2, 0.25) is 40.6 Å². The van der Waals surface area contributed by atoms with Crippen molar-refractivity contribution in [2.75, 3.05) is 0 Å². The van der Waals surface area contributed by atoms with E-state index in [0.717, 1.165) is 44.0 Å². The zero-order valence-corrected chi connectivity index (χ0v) is 27.3. The molecule has 0 aliphatic rings. The quantitative estimate of drug-likeness (QED) is 0.256. The molecule has 0 atom stereocenters. The van der Waals surface area contributed by atoms with Crippen molar-refractivity contribution in [3.05, 3.63) is 45.2 Å². The highest BCUT2D eigenvalue weighted by atomic mass is 35.5. The molecule has 1 aromatic carbocycles. The highest BCUT2D eigenvalue weighted by Crippen LogP contribution is 2.44. The lowest BCUT2D eigenvalue weighted by Gasteiger charge is -2.39. The van der Waals surface area contributed by atoms with Crippen molar-refractivity contribution < 1.29 is 8.85 Å². The largest absolute Gasteiger partial charge is 0.543 e. The molecule has 0 spiro atoms. The molecule has 0 saturated heterocycles. The average molecular weight is 564 g/mol. The smallest absolute Gasteiger partial charge is 0.250 e. The molecule has 2 aromatic heterocycles. The van der Waals surface area contributed by atoms with Crippen LogP contribution < -0.4 is 8.85 Å². The summed E-state index contributed by atoms with van der Waals surface area (Å²) in [6, 6.07) is 8.26. The molecule has 2 heterocycles. The summed E-state index contributed by atoms with van der Waals surface area (Å²) >= 11 is 7.68. The molecule has 0 saturated carbocycles. The predicted molar refractivity (Wildman–Crippen MR) is 159 cm³/mol. The van der Waals surface area contributed by atoms with E-state index >= 15 is 0 Å². The molecule has 0 N–H and O–H groups in total. The Kier molecular flexibility index (Phi) is 8.26. The Hall–Kier alpha value is -1.62. The summed E-state index contributed by atoms with van der Waals surface area (Å²) in [5, 5.41) is 9.13. The maximum Gasteiger partial charge on any atom is 0.250 e. The van der Waals surface area contributed by atoms with Crippen LogP contribution in [-0.4, -0.2) is 31.6 Å². The second-order valence-electron chi connectivity index (χ2n) is 12.5. The highest BCUT2D eigenvalue weighted by Gasteiger charge is 2.41. The first-order valence-corrected chi connectivity index (χ1v) is 19.6. The molecule has 0 unspecified atom stereocenters. The first-order chi connectivity index (χ1) is 16.4. The summed E-state index contributed by atoms with van der Waals surface area (Å²) in [6.07, 6.45) is 2.86. The van der Waals surface area contributed by atoms with Gasteiger partial charge in [0.1, 0.15) is 17.2 Å². The van der Waals surface area contributed by atoms with E-state index in [1.165, 1.54) is 0 Å². The van der Waals surface area contributed by atoms with E-state index in [1.54, 1.807) is 11.3 Å². The zero-order chi connectivity index (χ0) is 27.1. The van der Waals surface area contributed by atoms with Crippen LogP contribution in [-0.2, 0) is 13.0 Å². The summed E-state index contributed by atoms with van der Waals surface area (Å²) in [7, 11) is -4.15. The number of rotatable bonds is 8. The summed E-state index contributed by atoms with van der Waals surface area (Å²) in [5.41, 5.74) is 2.94. The molecule has 0 aliphatic carbocycles. The van der Waals surface area contributed by atoms with E-state index in [0.29, 0.717) is 6.54 Å². The van der Waals surface area contributed by atoms with Gasteiger partial charge in [-0.05, 0) is 66.4 Å². The van der Waals surface area contributed by atoms with Crippen LogP contribution >= 0.6 is 22.9 Å². The van der Waals surface area contributed by atoms with E-state index in [2.05, 4.69) is 97.1 Å². The Morgan fingerprint density at radius 1 is 0.917 bits per heavy atom. The van der Waals surface area contributed by atoms with Crippen LogP contribution in [0.25, 0.3) is 11.3 Å². The Bertz CT molecular complexity index is 1210. The van der Waals surface area contributed by atoms with Gasteiger partial charge in [0.05, 0.1) is 17.1 Å². The second-order valence-corrected chi connectivity index (χ2v) is 23.8. The molecular formula is C27H42ClN3O2SSi2. The molecule has 5 nitrogen and oxygen atoms in total. The Labute approximate surface area is 228 Å². The number of hydrogen-bond acceptors (Lipinski definition) is 5. The Morgan fingerprint density at radius 2 is 1.50 bits per heavy atom. The van der Waals surface area contributed by atoms with Crippen molar-refractivity contribution in [1.82, 2.24) is 15.0 Å². The topological polar surface area (TPSA) is 49.2 Å². The van der Waals surface area contributed by atoms with Gasteiger partial charge in [-0.15, -0.1) is 16.4 Å². The maximum atomic E-state index is 6.90. The molecule has 0 bridgehead atoms. The molecule has 3 rings (SSSR count). The molecule has 0 fully saturated rings. The van der Waals surface area contributed by atoms with E-state index in [-0.39, 0.29) is 10.1 Å². The number of halogens is 1. The van der Waals surface area contributed by atoms with Gasteiger partial charge in [0.15, 0.2) is 0 Å². The molecule has 198 valence electrons. The third-order valence-corrected chi connectivity index (χ3v) is 17.5. The van der Waals surface area contributed by atoms with Gasteiger partial charge in [0.2, 0.25) is 8.32 Å². The summed E-state index contributed by atoms with van der Waals surface area (Å²) in [4.78, 5) is 1.14. The second kappa shape index (κ2) is 10.3. The summed E-state index contributed by atoms with van der Waals surface area (Å²) in [5.74, 6) is 1.76. The van der Waals surface area contributed by atoms with Gasteiger partial charge in [0, 0.05) is 16.5 Å². The number of thiophene rings is 1. The Balaban J connectivity index is 2.10. The fourth-order valence-electron chi connectivity index (χ4n) is 3.21. The molecule has 36 heavy (non-hydrogen) atoms. The third-order valence-electron chi connectivity index (χ3n) is 7.65. The molecule has 0 amide bonds. The van der Waals surface area contributed by atoms with Gasteiger partial charge in [-0.1, -0.05) is 65.3 Å². The maximum absolute atomic E-state index is 6.90. The predicted octanol–water partition coefficient (Wildman–Crippen LogP) is 9.04. The van der Waals surface area contributed by atoms with Crippen molar-refractivity contribution in [2.24, 2.45) is 0 Å². The van der Waals surface area contributed by atoms with Gasteiger partial charge < -0.3 is 8.85 Å². The van der Waals surface area contributed by atoms with Gasteiger partial charge in [-0.3, -0.25) is 0 Å². The summed E-state index contributed by atoms with van der Waals surface area (Å²) in [6.45, 7) is 25.5.